The number of hydrogen-bond donors (Lipinski definition) is 2. The number of carbonyl (C=O) groups is 1. The van der Waals surface area contributed by atoms with E-state index in [1.165, 1.54) is 20.5 Å². The Morgan fingerprint density at radius 3 is 2.35 bits per heavy atom. The minimum Gasteiger partial charge on any atom is -0.480 e. The Balaban J connectivity index is 2.71. The molecule has 0 atom stereocenters. The van der Waals surface area contributed by atoms with Crippen molar-refractivity contribution >= 4 is 11.9 Å². The van der Waals surface area contributed by atoms with Crippen molar-refractivity contribution in [1.82, 2.24) is 9.97 Å². The van der Waals surface area contributed by atoms with E-state index in [1.54, 1.807) is 13.1 Å². The van der Waals surface area contributed by atoms with Crippen LogP contribution in [-0.4, -0.2) is 37.1 Å². The van der Waals surface area contributed by atoms with Gasteiger partial charge in [-0.3, -0.25) is 4.79 Å². The molecular formula is C12H14N4O4. The minimum absolute atomic E-state index is 0.0117. The van der Waals surface area contributed by atoms with Crippen molar-refractivity contribution in [1.29, 1.82) is 0 Å². The first kappa shape index (κ1) is 13.7. The number of rotatable bonds is 5. The van der Waals surface area contributed by atoms with Gasteiger partial charge in [0, 0.05) is 12.6 Å². The number of ether oxygens (including phenoxy) is 2. The van der Waals surface area contributed by atoms with Gasteiger partial charge in [-0.15, -0.1) is 0 Å². The van der Waals surface area contributed by atoms with Crippen LogP contribution in [0.3, 0.4) is 0 Å². The number of nitrogens with one attached hydrogen (secondary N) is 1. The van der Waals surface area contributed by atoms with Crippen LogP contribution in [-0.2, 0) is 0 Å². The SMILES string of the molecule is CNc1nc(OC)c(-c2ccoc2C(N)=O)c(OC)n1. The van der Waals surface area contributed by atoms with Gasteiger partial charge in [0.1, 0.15) is 5.56 Å². The normalized spacial score (nSPS) is 10.2. The van der Waals surface area contributed by atoms with E-state index in [1.807, 2.05) is 0 Å². The summed E-state index contributed by atoms with van der Waals surface area (Å²) in [7, 11) is 4.57. The van der Waals surface area contributed by atoms with Crippen LogP contribution in [0.5, 0.6) is 11.8 Å². The monoisotopic (exact) mass is 278 g/mol. The molecule has 0 aliphatic rings. The van der Waals surface area contributed by atoms with Crippen LogP contribution >= 0.6 is 0 Å². The third kappa shape index (κ3) is 2.22. The summed E-state index contributed by atoms with van der Waals surface area (Å²) in [6.07, 6.45) is 1.35. The number of methoxy groups -OCH3 is 2. The molecule has 8 heteroatoms. The number of amides is 1. The molecule has 0 aliphatic carbocycles. The Morgan fingerprint density at radius 2 is 1.90 bits per heavy atom. The molecule has 2 rings (SSSR count). The molecule has 106 valence electrons. The van der Waals surface area contributed by atoms with Crippen LogP contribution in [0.15, 0.2) is 16.7 Å². The van der Waals surface area contributed by atoms with E-state index in [0.717, 1.165) is 0 Å². The lowest BCUT2D eigenvalue weighted by Gasteiger charge is -2.12. The van der Waals surface area contributed by atoms with Crippen molar-refractivity contribution in [2.75, 3.05) is 26.6 Å². The van der Waals surface area contributed by atoms with E-state index in [0.29, 0.717) is 17.1 Å². The largest absolute Gasteiger partial charge is 0.480 e. The Morgan fingerprint density at radius 1 is 1.30 bits per heavy atom. The van der Waals surface area contributed by atoms with Crippen LogP contribution in [0.1, 0.15) is 10.6 Å². The standard InChI is InChI=1S/C12H14N4O4/c1-14-12-15-10(18-2)7(11(16-12)19-3)6-4-5-20-8(6)9(13)17/h4-5H,1-3H3,(H2,13,17)(H,14,15,16). The van der Waals surface area contributed by atoms with Crippen molar-refractivity contribution in [3.63, 3.8) is 0 Å². The zero-order valence-electron chi connectivity index (χ0n) is 11.3. The van der Waals surface area contributed by atoms with Gasteiger partial charge in [0.05, 0.1) is 20.5 Å². The second-order valence-corrected chi connectivity index (χ2v) is 3.72. The maximum Gasteiger partial charge on any atom is 0.285 e. The highest BCUT2D eigenvalue weighted by atomic mass is 16.5. The maximum absolute atomic E-state index is 11.4. The highest BCUT2D eigenvalue weighted by Crippen LogP contribution is 2.38. The molecule has 0 bridgehead atoms. The number of anilines is 1. The van der Waals surface area contributed by atoms with E-state index in [2.05, 4.69) is 15.3 Å². The molecule has 20 heavy (non-hydrogen) atoms. The molecule has 1 amide bonds. The Hall–Kier alpha value is -2.77. The number of primary amides is 1. The van der Waals surface area contributed by atoms with Crippen molar-refractivity contribution < 1.29 is 18.7 Å². The molecule has 2 heterocycles. The number of carbonyl (C=O) groups excluding carboxylic acids is 1. The topological polar surface area (TPSA) is 112 Å². The van der Waals surface area contributed by atoms with E-state index in [-0.39, 0.29) is 17.5 Å². The number of furan rings is 1. The van der Waals surface area contributed by atoms with Crippen molar-refractivity contribution in [3.8, 4) is 22.9 Å². The quantitative estimate of drug-likeness (QED) is 0.835. The summed E-state index contributed by atoms with van der Waals surface area (Å²) in [5.41, 5.74) is 6.08. The molecular weight excluding hydrogens is 264 g/mol. The van der Waals surface area contributed by atoms with Crippen LogP contribution < -0.4 is 20.5 Å². The lowest BCUT2D eigenvalue weighted by Crippen LogP contribution is -2.11. The lowest BCUT2D eigenvalue weighted by molar-refractivity contribution is 0.0975. The summed E-state index contributed by atoms with van der Waals surface area (Å²) in [5, 5.41) is 2.79. The molecule has 0 aliphatic heterocycles. The third-order valence-electron chi connectivity index (χ3n) is 2.61. The molecule has 2 aromatic heterocycles. The van der Waals surface area contributed by atoms with Crippen molar-refractivity contribution in [3.05, 3.63) is 18.1 Å². The van der Waals surface area contributed by atoms with Gasteiger partial charge in [0.2, 0.25) is 17.7 Å². The predicted molar refractivity (Wildman–Crippen MR) is 70.9 cm³/mol. The van der Waals surface area contributed by atoms with Gasteiger partial charge in [-0.25, -0.2) is 0 Å². The van der Waals surface area contributed by atoms with Crippen LogP contribution in [0.2, 0.25) is 0 Å². The summed E-state index contributed by atoms with van der Waals surface area (Å²) < 4.78 is 15.5. The van der Waals surface area contributed by atoms with E-state index >= 15 is 0 Å². The van der Waals surface area contributed by atoms with Gasteiger partial charge in [-0.2, -0.15) is 9.97 Å². The summed E-state index contributed by atoms with van der Waals surface area (Å²) in [4.78, 5) is 19.7. The van der Waals surface area contributed by atoms with Gasteiger partial charge >= 0.3 is 0 Å². The summed E-state index contributed by atoms with van der Waals surface area (Å²) >= 11 is 0. The van der Waals surface area contributed by atoms with Crippen molar-refractivity contribution in [2.45, 2.75) is 0 Å². The Labute approximate surface area is 114 Å². The Bertz CT molecular complexity index is 613. The van der Waals surface area contributed by atoms with Gasteiger partial charge < -0.3 is 24.9 Å². The first-order valence-electron chi connectivity index (χ1n) is 5.67. The molecule has 0 spiro atoms. The van der Waals surface area contributed by atoms with E-state index < -0.39 is 5.91 Å². The number of aromatic nitrogens is 2. The van der Waals surface area contributed by atoms with E-state index in [4.69, 9.17) is 19.6 Å². The van der Waals surface area contributed by atoms with Gasteiger partial charge in [0.15, 0.2) is 5.76 Å². The summed E-state index contributed by atoms with van der Waals surface area (Å²) in [6, 6.07) is 1.57. The van der Waals surface area contributed by atoms with Gasteiger partial charge in [-0.1, -0.05) is 0 Å². The fraction of sp³-hybridized carbons (Fsp3) is 0.250. The van der Waals surface area contributed by atoms with Crippen molar-refractivity contribution in [2.24, 2.45) is 5.73 Å². The first-order valence-corrected chi connectivity index (χ1v) is 5.67. The van der Waals surface area contributed by atoms with E-state index in [9.17, 15) is 4.79 Å². The molecule has 0 saturated carbocycles. The maximum atomic E-state index is 11.4. The first-order chi connectivity index (χ1) is 9.62. The summed E-state index contributed by atoms with van der Waals surface area (Å²) in [6.45, 7) is 0. The average molecular weight is 278 g/mol. The lowest BCUT2D eigenvalue weighted by atomic mass is 10.1. The molecule has 3 N–H and O–H groups in total. The highest BCUT2D eigenvalue weighted by molar-refractivity contribution is 5.98. The highest BCUT2D eigenvalue weighted by Gasteiger charge is 2.24. The third-order valence-corrected chi connectivity index (χ3v) is 2.61. The second-order valence-electron chi connectivity index (χ2n) is 3.72. The zero-order chi connectivity index (χ0) is 14.7. The molecule has 0 aromatic carbocycles. The van der Waals surface area contributed by atoms with Crippen LogP contribution in [0.25, 0.3) is 11.1 Å². The fourth-order valence-electron chi connectivity index (χ4n) is 1.76. The minimum atomic E-state index is -0.702. The zero-order valence-corrected chi connectivity index (χ0v) is 11.3. The van der Waals surface area contributed by atoms with Gasteiger partial charge in [0.25, 0.3) is 5.91 Å². The number of nitrogens with zero attached hydrogens (tertiary/aromatic N) is 2. The average Bonchev–Trinajstić information content (AvgIpc) is 2.94. The number of hydrogen-bond acceptors (Lipinski definition) is 7. The van der Waals surface area contributed by atoms with Gasteiger partial charge in [-0.05, 0) is 6.07 Å². The molecule has 2 aromatic rings. The fourth-order valence-corrected chi connectivity index (χ4v) is 1.76. The Kier molecular flexibility index (Phi) is 3.74. The molecule has 0 radical (unpaired) electrons. The molecule has 0 saturated heterocycles. The molecule has 0 fully saturated rings. The second kappa shape index (κ2) is 5.47. The van der Waals surface area contributed by atoms with Crippen LogP contribution in [0.4, 0.5) is 5.95 Å². The number of nitrogens with two attached hydrogens (primary N) is 1. The summed E-state index contributed by atoms with van der Waals surface area (Å²) in [5.74, 6) is 0.0935. The predicted octanol–water partition coefficient (Wildman–Crippen LogP) is 0.894. The molecule has 0 unspecified atom stereocenters. The smallest absolute Gasteiger partial charge is 0.285 e. The van der Waals surface area contributed by atoms with Crippen LogP contribution in [0, 0.1) is 0 Å². The molecule has 8 nitrogen and oxygen atoms in total.